The van der Waals surface area contributed by atoms with Crippen molar-refractivity contribution in [2.75, 3.05) is 0 Å². The van der Waals surface area contributed by atoms with Crippen molar-refractivity contribution in [2.45, 2.75) is 0 Å². The van der Waals surface area contributed by atoms with Crippen molar-refractivity contribution < 1.29 is 9.90 Å². The molecule has 0 aliphatic heterocycles. The van der Waals surface area contributed by atoms with Crippen molar-refractivity contribution in [3.05, 3.63) is 68.9 Å². The SMILES string of the molecule is O=C(O)c1cn(-c2ccc(Cl)cc2Cl)c(-c2ccc(Br)cc2)n1. The van der Waals surface area contributed by atoms with Crippen LogP contribution >= 0.6 is 39.1 Å². The second-order valence-electron chi connectivity index (χ2n) is 4.73. The standard InChI is InChI=1S/C16H9BrCl2N2O2/c17-10-3-1-9(2-4-10)15-20-13(16(22)23)8-21(15)14-6-5-11(18)7-12(14)19/h1-8H,(H,22,23). The molecule has 0 saturated heterocycles. The Labute approximate surface area is 150 Å². The van der Waals surface area contributed by atoms with Gasteiger partial charge in [0.2, 0.25) is 0 Å². The van der Waals surface area contributed by atoms with E-state index in [1.165, 1.54) is 6.20 Å². The molecule has 0 spiro atoms. The van der Waals surface area contributed by atoms with E-state index in [0.29, 0.717) is 21.6 Å². The van der Waals surface area contributed by atoms with Gasteiger partial charge in [-0.2, -0.15) is 0 Å². The quantitative estimate of drug-likeness (QED) is 0.635. The fourth-order valence-corrected chi connectivity index (χ4v) is 2.91. The first-order chi connectivity index (χ1) is 11.0. The number of carboxylic acids is 1. The predicted molar refractivity (Wildman–Crippen MR) is 93.7 cm³/mol. The molecule has 2 aromatic carbocycles. The number of nitrogens with zero attached hydrogens (tertiary/aromatic N) is 2. The van der Waals surface area contributed by atoms with Crippen LogP contribution < -0.4 is 0 Å². The lowest BCUT2D eigenvalue weighted by Gasteiger charge is -2.10. The molecule has 3 aromatic rings. The van der Waals surface area contributed by atoms with E-state index in [-0.39, 0.29) is 5.69 Å². The minimum atomic E-state index is -1.10. The molecule has 0 unspecified atom stereocenters. The average molecular weight is 412 g/mol. The van der Waals surface area contributed by atoms with E-state index in [9.17, 15) is 9.90 Å². The second kappa shape index (κ2) is 6.35. The first kappa shape index (κ1) is 16.1. The maximum atomic E-state index is 11.3. The summed E-state index contributed by atoms with van der Waals surface area (Å²) in [5.41, 5.74) is 1.31. The minimum absolute atomic E-state index is 0.0612. The normalized spacial score (nSPS) is 10.7. The molecule has 0 radical (unpaired) electrons. The Balaban J connectivity index is 2.22. The third-order valence-corrected chi connectivity index (χ3v) is 4.26. The zero-order chi connectivity index (χ0) is 16.6. The van der Waals surface area contributed by atoms with Crippen LogP contribution in [0.1, 0.15) is 10.5 Å². The monoisotopic (exact) mass is 410 g/mol. The molecule has 0 aliphatic carbocycles. The van der Waals surface area contributed by atoms with Crippen molar-refractivity contribution in [2.24, 2.45) is 0 Å². The number of aromatic nitrogens is 2. The first-order valence-electron chi connectivity index (χ1n) is 6.50. The van der Waals surface area contributed by atoms with Crippen LogP contribution in [0.25, 0.3) is 17.1 Å². The molecular weight excluding hydrogens is 403 g/mol. The number of benzene rings is 2. The molecule has 0 bridgehead atoms. The van der Waals surface area contributed by atoms with E-state index in [1.807, 2.05) is 24.3 Å². The predicted octanol–water partition coefficient (Wildman–Crippen LogP) is 5.31. The lowest BCUT2D eigenvalue weighted by molar-refractivity contribution is 0.0691. The molecule has 7 heteroatoms. The Bertz CT molecular complexity index is 892. The van der Waals surface area contributed by atoms with Crippen molar-refractivity contribution in [1.29, 1.82) is 0 Å². The molecular formula is C16H9BrCl2N2O2. The molecule has 1 heterocycles. The van der Waals surface area contributed by atoms with Gasteiger partial charge < -0.3 is 5.11 Å². The number of carbonyl (C=O) groups is 1. The molecule has 116 valence electrons. The summed E-state index contributed by atoms with van der Waals surface area (Å²) in [6.07, 6.45) is 1.44. The smallest absolute Gasteiger partial charge is 0.356 e. The molecule has 1 N–H and O–H groups in total. The van der Waals surface area contributed by atoms with Gasteiger partial charge in [0.05, 0.1) is 10.7 Å². The van der Waals surface area contributed by atoms with Crippen molar-refractivity contribution in [3.63, 3.8) is 0 Å². The van der Waals surface area contributed by atoms with Crippen LogP contribution in [0.3, 0.4) is 0 Å². The highest BCUT2D eigenvalue weighted by molar-refractivity contribution is 9.10. The molecule has 0 aliphatic rings. The van der Waals surface area contributed by atoms with Crippen molar-refractivity contribution in [3.8, 4) is 17.1 Å². The zero-order valence-electron chi connectivity index (χ0n) is 11.5. The Morgan fingerprint density at radius 3 is 2.43 bits per heavy atom. The zero-order valence-corrected chi connectivity index (χ0v) is 14.6. The van der Waals surface area contributed by atoms with Crippen LogP contribution in [0.15, 0.2) is 53.1 Å². The summed E-state index contributed by atoms with van der Waals surface area (Å²) >= 11 is 15.5. The third kappa shape index (κ3) is 3.27. The summed E-state index contributed by atoms with van der Waals surface area (Å²) in [6, 6.07) is 12.4. The number of imidazole rings is 1. The average Bonchev–Trinajstić information content (AvgIpc) is 2.93. The van der Waals surface area contributed by atoms with Gasteiger partial charge in [0.25, 0.3) is 0 Å². The maximum Gasteiger partial charge on any atom is 0.356 e. The highest BCUT2D eigenvalue weighted by Gasteiger charge is 2.17. The third-order valence-electron chi connectivity index (χ3n) is 3.20. The van der Waals surface area contributed by atoms with Crippen LogP contribution in [0, 0.1) is 0 Å². The molecule has 1 aromatic heterocycles. The molecule has 3 rings (SSSR count). The van der Waals surface area contributed by atoms with Gasteiger partial charge in [0.1, 0.15) is 5.82 Å². The number of hydrogen-bond acceptors (Lipinski definition) is 2. The van der Waals surface area contributed by atoms with Gasteiger partial charge in [0.15, 0.2) is 5.69 Å². The van der Waals surface area contributed by atoms with Crippen LogP contribution in [-0.4, -0.2) is 20.6 Å². The van der Waals surface area contributed by atoms with Crippen LogP contribution in [0.2, 0.25) is 10.0 Å². The second-order valence-corrected chi connectivity index (χ2v) is 6.49. The van der Waals surface area contributed by atoms with Crippen LogP contribution in [-0.2, 0) is 0 Å². The van der Waals surface area contributed by atoms with Crippen molar-refractivity contribution in [1.82, 2.24) is 9.55 Å². The van der Waals surface area contributed by atoms with E-state index in [2.05, 4.69) is 20.9 Å². The molecule has 0 amide bonds. The van der Waals surface area contributed by atoms with Gasteiger partial charge in [-0.25, -0.2) is 9.78 Å². The van der Waals surface area contributed by atoms with Gasteiger partial charge in [-0.3, -0.25) is 4.57 Å². The largest absolute Gasteiger partial charge is 0.476 e. The molecule has 0 fully saturated rings. The highest BCUT2D eigenvalue weighted by Crippen LogP contribution is 2.30. The first-order valence-corrected chi connectivity index (χ1v) is 8.04. The molecule has 0 saturated carbocycles. The summed E-state index contributed by atoms with van der Waals surface area (Å²) in [7, 11) is 0. The summed E-state index contributed by atoms with van der Waals surface area (Å²) in [4.78, 5) is 15.5. The summed E-state index contributed by atoms with van der Waals surface area (Å²) in [5.74, 6) is -0.619. The summed E-state index contributed by atoms with van der Waals surface area (Å²) in [6.45, 7) is 0. The lowest BCUT2D eigenvalue weighted by atomic mass is 10.2. The topological polar surface area (TPSA) is 55.1 Å². The van der Waals surface area contributed by atoms with Crippen LogP contribution in [0.4, 0.5) is 0 Å². The minimum Gasteiger partial charge on any atom is -0.476 e. The van der Waals surface area contributed by atoms with Gasteiger partial charge in [-0.15, -0.1) is 0 Å². The van der Waals surface area contributed by atoms with E-state index < -0.39 is 5.97 Å². The fraction of sp³-hybridized carbons (Fsp3) is 0. The van der Waals surface area contributed by atoms with E-state index in [1.54, 1.807) is 22.8 Å². The number of rotatable bonds is 3. The molecule has 4 nitrogen and oxygen atoms in total. The van der Waals surface area contributed by atoms with E-state index in [0.717, 1.165) is 10.0 Å². The molecule has 23 heavy (non-hydrogen) atoms. The maximum absolute atomic E-state index is 11.3. The number of hydrogen-bond donors (Lipinski definition) is 1. The fourth-order valence-electron chi connectivity index (χ4n) is 2.15. The van der Waals surface area contributed by atoms with Gasteiger partial charge >= 0.3 is 5.97 Å². The molecule has 0 atom stereocenters. The van der Waals surface area contributed by atoms with Gasteiger partial charge in [-0.1, -0.05) is 51.3 Å². The Hall–Kier alpha value is -1.82. The van der Waals surface area contributed by atoms with Gasteiger partial charge in [-0.05, 0) is 30.3 Å². The van der Waals surface area contributed by atoms with E-state index >= 15 is 0 Å². The number of halogens is 3. The summed E-state index contributed by atoms with van der Waals surface area (Å²) in [5, 5.41) is 10.1. The Kier molecular flexibility index (Phi) is 4.43. The van der Waals surface area contributed by atoms with Gasteiger partial charge in [0, 0.05) is 21.3 Å². The number of carboxylic acid groups (broad SMARTS) is 1. The number of aromatic carboxylic acids is 1. The summed E-state index contributed by atoms with van der Waals surface area (Å²) < 4.78 is 2.56. The van der Waals surface area contributed by atoms with Crippen LogP contribution in [0.5, 0.6) is 0 Å². The van der Waals surface area contributed by atoms with Crippen molar-refractivity contribution >= 4 is 45.1 Å². The van der Waals surface area contributed by atoms with E-state index in [4.69, 9.17) is 23.2 Å². The Morgan fingerprint density at radius 1 is 1.13 bits per heavy atom. The lowest BCUT2D eigenvalue weighted by Crippen LogP contribution is -1.97. The highest BCUT2D eigenvalue weighted by atomic mass is 79.9. The Morgan fingerprint density at radius 2 is 1.83 bits per heavy atom.